The summed E-state index contributed by atoms with van der Waals surface area (Å²) in [6.07, 6.45) is 5.35. The molecule has 0 aliphatic carbocycles. The Bertz CT molecular complexity index is 652. The maximum absolute atomic E-state index is 12.6. The highest BCUT2D eigenvalue weighted by atomic mass is 32.2. The molecule has 1 saturated heterocycles. The SMILES string of the molecule is COCCCNC(=O)C1CCN(C(=O)CCc2c(C)nc(SC)nc2C)CC1. The van der Waals surface area contributed by atoms with Crippen molar-refractivity contribution in [3.05, 3.63) is 17.0 Å². The number of piperidine rings is 1. The highest BCUT2D eigenvalue weighted by Gasteiger charge is 2.27. The summed E-state index contributed by atoms with van der Waals surface area (Å²) in [6.45, 7) is 6.54. The predicted octanol–water partition coefficient (Wildman–Crippen LogP) is 2.14. The molecule has 0 aromatic carbocycles. The average molecular weight is 409 g/mol. The van der Waals surface area contributed by atoms with Crippen LogP contribution in [0.15, 0.2) is 5.16 Å². The standard InChI is InChI=1S/C20H32N4O3S/c1-14-17(15(2)23-20(22-14)28-4)6-7-18(25)24-11-8-16(9-12-24)19(26)21-10-5-13-27-3/h16H,5-13H2,1-4H3,(H,21,26). The first-order valence-corrected chi connectivity index (χ1v) is 11.1. The molecule has 0 radical (unpaired) electrons. The Balaban J connectivity index is 1.77. The second kappa shape index (κ2) is 11.4. The topological polar surface area (TPSA) is 84.4 Å². The summed E-state index contributed by atoms with van der Waals surface area (Å²) < 4.78 is 4.99. The summed E-state index contributed by atoms with van der Waals surface area (Å²) in [7, 11) is 1.66. The third kappa shape index (κ3) is 6.44. The van der Waals surface area contributed by atoms with E-state index in [0.29, 0.717) is 39.1 Å². The molecular weight excluding hydrogens is 376 g/mol. The largest absolute Gasteiger partial charge is 0.385 e. The van der Waals surface area contributed by atoms with Crippen LogP contribution in [-0.4, -0.2) is 66.3 Å². The zero-order valence-electron chi connectivity index (χ0n) is 17.4. The van der Waals surface area contributed by atoms with Crippen molar-refractivity contribution in [2.45, 2.75) is 51.1 Å². The van der Waals surface area contributed by atoms with Gasteiger partial charge in [-0.05, 0) is 51.3 Å². The Morgan fingerprint density at radius 3 is 2.43 bits per heavy atom. The van der Waals surface area contributed by atoms with Crippen LogP contribution >= 0.6 is 11.8 Å². The molecule has 1 fully saturated rings. The molecule has 1 N–H and O–H groups in total. The number of ether oxygens (including phenoxy) is 1. The second-order valence-corrected chi connectivity index (χ2v) is 7.93. The van der Waals surface area contributed by atoms with Gasteiger partial charge in [-0.3, -0.25) is 9.59 Å². The van der Waals surface area contributed by atoms with E-state index in [9.17, 15) is 9.59 Å². The normalized spacial score (nSPS) is 14.9. The fourth-order valence-corrected chi connectivity index (χ4v) is 3.97. The summed E-state index contributed by atoms with van der Waals surface area (Å²) in [5, 5.41) is 3.73. The molecule has 156 valence electrons. The number of nitrogens with zero attached hydrogens (tertiary/aromatic N) is 3. The molecule has 28 heavy (non-hydrogen) atoms. The highest BCUT2D eigenvalue weighted by Crippen LogP contribution is 2.20. The minimum Gasteiger partial charge on any atom is -0.385 e. The summed E-state index contributed by atoms with van der Waals surface area (Å²) >= 11 is 1.53. The molecule has 0 spiro atoms. The van der Waals surface area contributed by atoms with E-state index in [2.05, 4.69) is 15.3 Å². The van der Waals surface area contributed by atoms with E-state index in [1.165, 1.54) is 11.8 Å². The fraction of sp³-hybridized carbons (Fsp3) is 0.700. The van der Waals surface area contributed by atoms with Gasteiger partial charge < -0.3 is 15.0 Å². The number of likely N-dealkylation sites (tertiary alicyclic amines) is 1. The van der Waals surface area contributed by atoms with E-state index in [1.54, 1.807) is 7.11 Å². The number of hydrogen-bond acceptors (Lipinski definition) is 6. The maximum atomic E-state index is 12.6. The maximum Gasteiger partial charge on any atom is 0.223 e. The smallest absolute Gasteiger partial charge is 0.223 e. The van der Waals surface area contributed by atoms with Crippen LogP contribution in [0.2, 0.25) is 0 Å². The van der Waals surface area contributed by atoms with Gasteiger partial charge in [0.15, 0.2) is 5.16 Å². The van der Waals surface area contributed by atoms with Crippen molar-refractivity contribution < 1.29 is 14.3 Å². The third-order valence-corrected chi connectivity index (χ3v) is 5.76. The first-order chi connectivity index (χ1) is 13.5. The molecule has 0 bridgehead atoms. The first kappa shape index (κ1) is 22.6. The van der Waals surface area contributed by atoms with Crippen LogP contribution in [0.25, 0.3) is 0 Å². The van der Waals surface area contributed by atoms with Gasteiger partial charge in [0, 0.05) is 57.1 Å². The molecule has 1 aliphatic heterocycles. The Morgan fingerprint density at radius 2 is 1.86 bits per heavy atom. The Labute approximate surface area is 172 Å². The lowest BCUT2D eigenvalue weighted by Gasteiger charge is -2.31. The van der Waals surface area contributed by atoms with E-state index < -0.39 is 0 Å². The van der Waals surface area contributed by atoms with Crippen molar-refractivity contribution in [1.82, 2.24) is 20.2 Å². The van der Waals surface area contributed by atoms with Gasteiger partial charge in [0.05, 0.1) is 0 Å². The molecule has 0 atom stereocenters. The zero-order valence-corrected chi connectivity index (χ0v) is 18.2. The molecule has 7 nitrogen and oxygen atoms in total. The number of aromatic nitrogens is 2. The van der Waals surface area contributed by atoms with E-state index in [-0.39, 0.29) is 17.7 Å². The number of rotatable bonds is 9. The van der Waals surface area contributed by atoms with E-state index in [4.69, 9.17) is 4.74 Å². The Kier molecular flexibility index (Phi) is 9.18. The lowest BCUT2D eigenvalue weighted by Crippen LogP contribution is -2.43. The molecule has 0 saturated carbocycles. The summed E-state index contributed by atoms with van der Waals surface area (Å²) in [5.41, 5.74) is 2.97. The van der Waals surface area contributed by atoms with Crippen LogP contribution in [0.4, 0.5) is 0 Å². The van der Waals surface area contributed by atoms with Gasteiger partial charge in [-0.25, -0.2) is 9.97 Å². The van der Waals surface area contributed by atoms with Gasteiger partial charge in [0.25, 0.3) is 0 Å². The Hall–Kier alpha value is -1.67. The van der Waals surface area contributed by atoms with Crippen LogP contribution in [0.1, 0.15) is 42.6 Å². The van der Waals surface area contributed by atoms with Gasteiger partial charge in [-0.1, -0.05) is 11.8 Å². The van der Waals surface area contributed by atoms with Crippen molar-refractivity contribution in [3.8, 4) is 0 Å². The molecule has 1 aliphatic rings. The van der Waals surface area contributed by atoms with Crippen molar-refractivity contribution in [3.63, 3.8) is 0 Å². The van der Waals surface area contributed by atoms with Crippen molar-refractivity contribution in [2.24, 2.45) is 5.92 Å². The molecule has 2 heterocycles. The quantitative estimate of drug-likeness (QED) is 0.383. The molecule has 1 aromatic heterocycles. The molecule has 8 heteroatoms. The summed E-state index contributed by atoms with van der Waals surface area (Å²) in [5.74, 6) is 0.246. The van der Waals surface area contributed by atoms with Crippen LogP contribution in [0.3, 0.4) is 0 Å². The lowest BCUT2D eigenvalue weighted by atomic mass is 9.95. The number of aryl methyl sites for hydroxylation is 2. The molecule has 0 unspecified atom stereocenters. The lowest BCUT2D eigenvalue weighted by molar-refractivity contribution is -0.135. The number of amides is 2. The van der Waals surface area contributed by atoms with Gasteiger partial charge in [0.2, 0.25) is 11.8 Å². The van der Waals surface area contributed by atoms with Gasteiger partial charge in [0.1, 0.15) is 0 Å². The van der Waals surface area contributed by atoms with Gasteiger partial charge in [-0.15, -0.1) is 0 Å². The van der Waals surface area contributed by atoms with E-state index in [1.807, 2.05) is 25.0 Å². The number of carbonyl (C=O) groups excluding carboxylic acids is 2. The van der Waals surface area contributed by atoms with Crippen LogP contribution in [-0.2, 0) is 20.7 Å². The molecule has 2 amide bonds. The molecule has 2 rings (SSSR count). The summed E-state index contributed by atoms with van der Waals surface area (Å²) in [6, 6.07) is 0. The third-order valence-electron chi connectivity index (χ3n) is 5.21. The number of carbonyl (C=O) groups is 2. The van der Waals surface area contributed by atoms with Crippen LogP contribution in [0, 0.1) is 19.8 Å². The van der Waals surface area contributed by atoms with E-state index >= 15 is 0 Å². The first-order valence-electron chi connectivity index (χ1n) is 9.88. The van der Waals surface area contributed by atoms with Crippen LogP contribution < -0.4 is 5.32 Å². The highest BCUT2D eigenvalue weighted by molar-refractivity contribution is 7.98. The van der Waals surface area contributed by atoms with E-state index in [0.717, 1.165) is 41.4 Å². The number of nitrogens with one attached hydrogen (secondary N) is 1. The number of thioether (sulfide) groups is 1. The van der Waals surface area contributed by atoms with Gasteiger partial charge in [-0.2, -0.15) is 0 Å². The number of hydrogen-bond donors (Lipinski definition) is 1. The average Bonchev–Trinajstić information content (AvgIpc) is 2.70. The second-order valence-electron chi connectivity index (χ2n) is 7.15. The van der Waals surface area contributed by atoms with Crippen LogP contribution in [0.5, 0.6) is 0 Å². The van der Waals surface area contributed by atoms with Crippen molar-refractivity contribution in [2.75, 3.05) is 39.6 Å². The Morgan fingerprint density at radius 1 is 1.21 bits per heavy atom. The molecular formula is C20H32N4O3S. The van der Waals surface area contributed by atoms with Gasteiger partial charge >= 0.3 is 0 Å². The fourth-order valence-electron chi connectivity index (χ4n) is 3.52. The van der Waals surface area contributed by atoms with Crippen molar-refractivity contribution in [1.29, 1.82) is 0 Å². The number of methoxy groups -OCH3 is 1. The van der Waals surface area contributed by atoms with Crippen molar-refractivity contribution >= 4 is 23.6 Å². The minimum atomic E-state index is 0.00331. The molecule has 1 aromatic rings. The predicted molar refractivity (Wildman–Crippen MR) is 110 cm³/mol. The monoisotopic (exact) mass is 408 g/mol. The summed E-state index contributed by atoms with van der Waals surface area (Å²) in [4.78, 5) is 35.7. The zero-order chi connectivity index (χ0) is 20.5. The minimum absolute atomic E-state index is 0.00331.